The molecule has 102 valence electrons. The number of anilines is 2. The second kappa shape index (κ2) is 4.67. The van der Waals surface area contributed by atoms with Gasteiger partial charge in [0.25, 0.3) is 0 Å². The fourth-order valence-corrected chi connectivity index (χ4v) is 3.48. The van der Waals surface area contributed by atoms with E-state index in [1.165, 1.54) is 19.3 Å². The van der Waals surface area contributed by atoms with Crippen LogP contribution in [0.3, 0.4) is 0 Å². The summed E-state index contributed by atoms with van der Waals surface area (Å²) in [4.78, 5) is 18.7. The molecule has 0 atom stereocenters. The number of pyridine rings is 1. The fourth-order valence-electron chi connectivity index (χ4n) is 3.34. The molecule has 0 unspecified atom stereocenters. The summed E-state index contributed by atoms with van der Waals surface area (Å²) in [6, 6.07) is 3.55. The number of carbonyl (C=O) groups excluding carboxylic acids is 1. The van der Waals surface area contributed by atoms with Crippen molar-refractivity contribution in [2.75, 3.05) is 17.3 Å². The Morgan fingerprint density at radius 3 is 2.79 bits per heavy atom. The minimum atomic E-state index is -0.0920. The van der Waals surface area contributed by atoms with Gasteiger partial charge in [-0.2, -0.15) is 0 Å². The van der Waals surface area contributed by atoms with Gasteiger partial charge in [0.05, 0.1) is 17.6 Å². The summed E-state index contributed by atoms with van der Waals surface area (Å²) < 4.78 is 0. The molecule has 1 amide bonds. The lowest BCUT2D eigenvalue weighted by molar-refractivity contribution is -0.117. The van der Waals surface area contributed by atoms with Crippen LogP contribution in [0.15, 0.2) is 12.1 Å². The third-order valence-corrected chi connectivity index (χ3v) is 4.63. The van der Waals surface area contributed by atoms with Crippen molar-refractivity contribution in [1.82, 2.24) is 4.98 Å². The van der Waals surface area contributed by atoms with Crippen molar-refractivity contribution in [2.45, 2.75) is 44.1 Å². The van der Waals surface area contributed by atoms with Crippen LogP contribution >= 0.6 is 11.6 Å². The molecule has 5 heteroatoms. The van der Waals surface area contributed by atoms with Gasteiger partial charge in [0.2, 0.25) is 5.91 Å². The Morgan fingerprint density at radius 1 is 1.32 bits per heavy atom. The number of nitrogens with one attached hydrogen (secondary N) is 1. The monoisotopic (exact) mass is 279 g/mol. The van der Waals surface area contributed by atoms with Crippen molar-refractivity contribution >= 4 is 29.0 Å². The maximum atomic E-state index is 12.2. The third kappa shape index (κ3) is 2.18. The summed E-state index contributed by atoms with van der Waals surface area (Å²) in [6.45, 7) is 0. The zero-order valence-electron chi connectivity index (χ0n) is 11.1. The molecule has 1 spiro atoms. The van der Waals surface area contributed by atoms with Gasteiger partial charge in [-0.05, 0) is 25.0 Å². The lowest BCUT2D eigenvalue weighted by Crippen LogP contribution is -2.49. The topological polar surface area (TPSA) is 45.2 Å². The Morgan fingerprint density at radius 2 is 2.05 bits per heavy atom. The quantitative estimate of drug-likeness (QED) is 0.742. The van der Waals surface area contributed by atoms with Crippen LogP contribution in [-0.2, 0) is 4.79 Å². The van der Waals surface area contributed by atoms with Crippen molar-refractivity contribution in [3.63, 3.8) is 0 Å². The molecule has 1 aliphatic heterocycles. The number of halogens is 1. The van der Waals surface area contributed by atoms with Crippen molar-refractivity contribution in [3.8, 4) is 0 Å². The predicted molar refractivity (Wildman–Crippen MR) is 76.7 cm³/mol. The maximum Gasteiger partial charge on any atom is 0.226 e. The van der Waals surface area contributed by atoms with Gasteiger partial charge in [-0.1, -0.05) is 30.9 Å². The molecular formula is C14H18ClN3O. The summed E-state index contributed by atoms with van der Waals surface area (Å²) >= 11 is 6.01. The van der Waals surface area contributed by atoms with E-state index in [0.717, 1.165) is 24.3 Å². The van der Waals surface area contributed by atoms with Crippen LogP contribution < -0.4 is 10.2 Å². The van der Waals surface area contributed by atoms with Gasteiger partial charge in [0, 0.05) is 7.05 Å². The second-order valence-electron chi connectivity index (χ2n) is 5.57. The molecule has 1 fully saturated rings. The Bertz CT molecular complexity index is 511. The molecule has 1 aliphatic carbocycles. The third-order valence-electron chi connectivity index (χ3n) is 4.42. The van der Waals surface area contributed by atoms with Crippen LogP contribution in [0.1, 0.15) is 38.5 Å². The Kier molecular flexibility index (Phi) is 3.13. The molecule has 1 aromatic rings. The first-order chi connectivity index (χ1) is 9.11. The largest absolute Gasteiger partial charge is 0.352 e. The van der Waals surface area contributed by atoms with E-state index in [0.29, 0.717) is 11.6 Å². The highest BCUT2D eigenvalue weighted by molar-refractivity contribution is 6.29. The van der Waals surface area contributed by atoms with E-state index in [1.807, 2.05) is 13.1 Å². The zero-order chi connectivity index (χ0) is 13.5. The molecule has 3 rings (SSSR count). The van der Waals surface area contributed by atoms with E-state index in [9.17, 15) is 4.79 Å². The predicted octanol–water partition coefficient (Wildman–Crippen LogP) is 3.22. The highest BCUT2D eigenvalue weighted by atomic mass is 35.5. The summed E-state index contributed by atoms with van der Waals surface area (Å²) in [7, 11) is 2.04. The lowest BCUT2D eigenvalue weighted by Gasteiger charge is -2.43. The minimum Gasteiger partial charge on any atom is -0.352 e. The molecule has 19 heavy (non-hydrogen) atoms. The lowest BCUT2D eigenvalue weighted by atomic mass is 9.78. The Hall–Kier alpha value is -1.29. The summed E-state index contributed by atoms with van der Waals surface area (Å²) in [6.07, 6.45) is 6.24. The van der Waals surface area contributed by atoms with E-state index in [2.05, 4.69) is 15.2 Å². The smallest absolute Gasteiger partial charge is 0.226 e. The molecule has 0 saturated heterocycles. The normalized spacial score (nSPS) is 21.8. The Balaban J connectivity index is 2.07. The molecule has 2 heterocycles. The van der Waals surface area contributed by atoms with Crippen LogP contribution in [0.2, 0.25) is 5.15 Å². The fraction of sp³-hybridized carbons (Fsp3) is 0.571. The number of hydrogen-bond donors (Lipinski definition) is 1. The number of rotatable bonds is 0. The number of carbonyl (C=O) groups is 1. The van der Waals surface area contributed by atoms with Crippen molar-refractivity contribution < 1.29 is 4.79 Å². The molecule has 2 aliphatic rings. The summed E-state index contributed by atoms with van der Waals surface area (Å²) in [5.41, 5.74) is 0.671. The molecule has 1 aromatic heterocycles. The van der Waals surface area contributed by atoms with Gasteiger partial charge < -0.3 is 10.2 Å². The first-order valence-corrected chi connectivity index (χ1v) is 7.19. The molecule has 0 aromatic carbocycles. The van der Waals surface area contributed by atoms with Crippen molar-refractivity contribution in [1.29, 1.82) is 0 Å². The van der Waals surface area contributed by atoms with Crippen LogP contribution in [0.25, 0.3) is 0 Å². The van der Waals surface area contributed by atoms with Gasteiger partial charge in [-0.3, -0.25) is 4.79 Å². The number of amides is 1. The first kappa shape index (κ1) is 12.7. The zero-order valence-corrected chi connectivity index (χ0v) is 11.8. The van der Waals surface area contributed by atoms with Gasteiger partial charge in [0.1, 0.15) is 5.15 Å². The van der Waals surface area contributed by atoms with Gasteiger partial charge in [-0.15, -0.1) is 0 Å². The van der Waals surface area contributed by atoms with Gasteiger partial charge in [-0.25, -0.2) is 4.98 Å². The van der Waals surface area contributed by atoms with E-state index in [4.69, 9.17) is 11.6 Å². The number of aromatic nitrogens is 1. The van der Waals surface area contributed by atoms with Crippen LogP contribution in [0.4, 0.5) is 11.5 Å². The van der Waals surface area contributed by atoms with Crippen molar-refractivity contribution in [3.05, 3.63) is 17.3 Å². The number of hydrogen-bond acceptors (Lipinski definition) is 3. The molecular weight excluding hydrogens is 262 g/mol. The van der Waals surface area contributed by atoms with Crippen molar-refractivity contribution in [2.24, 2.45) is 0 Å². The second-order valence-corrected chi connectivity index (χ2v) is 5.96. The van der Waals surface area contributed by atoms with E-state index < -0.39 is 0 Å². The maximum absolute atomic E-state index is 12.2. The van der Waals surface area contributed by atoms with Gasteiger partial charge in [0.15, 0.2) is 5.82 Å². The summed E-state index contributed by atoms with van der Waals surface area (Å²) in [5.74, 6) is 0.872. The Labute approximate surface area is 118 Å². The molecule has 4 nitrogen and oxygen atoms in total. The molecule has 1 N–H and O–H groups in total. The highest BCUT2D eigenvalue weighted by Crippen LogP contribution is 2.42. The molecule has 0 bridgehead atoms. The number of fused-ring (bicyclic) bond motifs is 1. The van der Waals surface area contributed by atoms with E-state index in [1.54, 1.807) is 6.07 Å². The molecule has 0 radical (unpaired) electrons. The van der Waals surface area contributed by atoms with Crippen LogP contribution in [-0.4, -0.2) is 23.5 Å². The van der Waals surface area contributed by atoms with Crippen LogP contribution in [0, 0.1) is 0 Å². The standard InChI is InChI=1S/C14H18ClN3O/c1-18-13-10(5-6-11(15)17-13)16-12(19)9-14(18)7-3-2-4-8-14/h5-6H,2-4,7-9H2,1H3,(H,16,19). The van der Waals surface area contributed by atoms with E-state index in [-0.39, 0.29) is 11.4 Å². The highest BCUT2D eigenvalue weighted by Gasteiger charge is 2.41. The number of nitrogens with zero attached hydrogens (tertiary/aromatic N) is 2. The van der Waals surface area contributed by atoms with Crippen LogP contribution in [0.5, 0.6) is 0 Å². The average molecular weight is 280 g/mol. The molecule has 1 saturated carbocycles. The average Bonchev–Trinajstić information content (AvgIpc) is 2.49. The SMILES string of the molecule is CN1c2nc(Cl)ccc2NC(=O)CC12CCCCC2. The first-order valence-electron chi connectivity index (χ1n) is 6.81. The van der Waals surface area contributed by atoms with E-state index >= 15 is 0 Å². The summed E-state index contributed by atoms with van der Waals surface area (Å²) in [5, 5.41) is 3.42. The van der Waals surface area contributed by atoms with Gasteiger partial charge >= 0.3 is 0 Å². The minimum absolute atomic E-state index is 0.0802.